The first kappa shape index (κ1) is 29.8. The van der Waals surface area contributed by atoms with Crippen LogP contribution in [0.5, 0.6) is 11.5 Å². The zero-order valence-corrected chi connectivity index (χ0v) is 25.5. The Hall–Kier alpha value is -3.13. The highest BCUT2D eigenvalue weighted by atomic mass is 79.9. The van der Waals surface area contributed by atoms with Crippen LogP contribution in [-0.4, -0.2) is 20.8 Å². The number of ketones is 1. The maximum atomic E-state index is 13.5. The molecule has 0 radical (unpaired) electrons. The van der Waals surface area contributed by atoms with Crippen molar-refractivity contribution in [2.75, 3.05) is 6.61 Å². The molecule has 0 aromatic heterocycles. The Balaban J connectivity index is 1.75. The molecule has 0 spiro atoms. The highest BCUT2D eigenvalue weighted by Gasteiger charge is 2.39. The molecule has 2 aromatic rings. The maximum absolute atomic E-state index is 13.5. The summed E-state index contributed by atoms with van der Waals surface area (Å²) in [7, 11) is -3.87. The Labute approximate surface area is 244 Å². The molecule has 2 unspecified atom stereocenters. The van der Waals surface area contributed by atoms with Crippen LogP contribution in [0.1, 0.15) is 69.1 Å². The van der Waals surface area contributed by atoms with Crippen molar-refractivity contribution >= 4 is 31.7 Å². The zero-order valence-electron chi connectivity index (χ0n) is 23.1. The molecule has 40 heavy (non-hydrogen) atoms. The van der Waals surface area contributed by atoms with Gasteiger partial charge in [0, 0.05) is 23.4 Å². The van der Waals surface area contributed by atoms with Crippen LogP contribution < -0.4 is 19.9 Å². The van der Waals surface area contributed by atoms with Gasteiger partial charge in [-0.15, -0.1) is 0 Å². The number of halogens is 1. The van der Waals surface area contributed by atoms with Gasteiger partial charge in [-0.2, -0.15) is 5.26 Å². The van der Waals surface area contributed by atoms with E-state index in [0.717, 1.165) is 36.2 Å². The van der Waals surface area contributed by atoms with Crippen molar-refractivity contribution in [2.45, 2.75) is 70.8 Å². The van der Waals surface area contributed by atoms with Crippen molar-refractivity contribution in [3.8, 4) is 17.6 Å². The molecule has 1 aliphatic heterocycles. The van der Waals surface area contributed by atoms with E-state index in [2.05, 4.69) is 34.2 Å². The van der Waals surface area contributed by atoms with Crippen molar-refractivity contribution in [1.82, 2.24) is 5.32 Å². The minimum Gasteiger partial charge on any atom is -0.490 e. The fraction of sp³-hybridized carbons (Fsp3) is 0.400. The van der Waals surface area contributed by atoms with Crippen molar-refractivity contribution in [3.63, 3.8) is 0 Å². The average Bonchev–Trinajstić information content (AvgIpc) is 2.87. The highest BCUT2D eigenvalue weighted by molar-refractivity contribution is 9.10. The third kappa shape index (κ3) is 5.97. The number of allylic oxidation sites excluding steroid dienone is 4. The predicted octanol–water partition coefficient (Wildman–Crippen LogP) is 5.90. The molecule has 0 bridgehead atoms. The standard InChI is InChI=1S/C30H34BrN3O5S/c1-5-8-19-11-24-29(25(35)12-19)28(22(15-32)18(4)34-24)21-13-23(31)30(26(14-21)38-6-2)39-16-20-9-7-10-27(17(20)3)40(33,36)37/h7,9-10,13-14,19,28,34H,5-6,8,11-12,16H2,1-4H3,(H2,33,36,37). The third-order valence-electron chi connectivity index (χ3n) is 7.47. The summed E-state index contributed by atoms with van der Waals surface area (Å²) < 4.78 is 36.6. The zero-order chi connectivity index (χ0) is 29.2. The van der Waals surface area contributed by atoms with Gasteiger partial charge in [0.1, 0.15) is 6.61 Å². The van der Waals surface area contributed by atoms with E-state index < -0.39 is 15.9 Å². The van der Waals surface area contributed by atoms with Crippen LogP contribution in [0.2, 0.25) is 0 Å². The normalized spacial score (nSPS) is 19.2. The van der Waals surface area contributed by atoms with Gasteiger partial charge >= 0.3 is 0 Å². The van der Waals surface area contributed by atoms with Crippen molar-refractivity contribution in [1.29, 1.82) is 5.26 Å². The van der Waals surface area contributed by atoms with E-state index in [1.165, 1.54) is 6.07 Å². The third-order valence-corrected chi connectivity index (χ3v) is 9.11. The van der Waals surface area contributed by atoms with E-state index in [-0.39, 0.29) is 17.3 Å². The van der Waals surface area contributed by atoms with Crippen LogP contribution in [0.4, 0.5) is 0 Å². The van der Waals surface area contributed by atoms with Gasteiger partial charge in [-0.05, 0) is 90.4 Å². The summed E-state index contributed by atoms with van der Waals surface area (Å²) in [5, 5.41) is 18.8. The number of nitrogens with zero attached hydrogens (tertiary/aromatic N) is 1. The van der Waals surface area contributed by atoms with Crippen molar-refractivity contribution in [2.24, 2.45) is 11.1 Å². The summed E-state index contributed by atoms with van der Waals surface area (Å²) in [6.45, 7) is 7.99. The second-order valence-electron chi connectivity index (χ2n) is 10.2. The lowest BCUT2D eigenvalue weighted by Gasteiger charge is -2.35. The summed E-state index contributed by atoms with van der Waals surface area (Å²) >= 11 is 3.63. The monoisotopic (exact) mass is 627 g/mol. The smallest absolute Gasteiger partial charge is 0.238 e. The molecule has 2 atom stereocenters. The molecule has 0 saturated heterocycles. The predicted molar refractivity (Wildman–Crippen MR) is 156 cm³/mol. The second-order valence-corrected chi connectivity index (χ2v) is 12.6. The first-order valence-corrected chi connectivity index (χ1v) is 15.7. The van der Waals surface area contributed by atoms with Gasteiger partial charge in [-0.3, -0.25) is 4.79 Å². The summed E-state index contributed by atoms with van der Waals surface area (Å²) in [5.74, 6) is 0.728. The molecule has 2 aromatic carbocycles. The minimum absolute atomic E-state index is 0.0487. The number of sulfonamides is 1. The fourth-order valence-corrected chi connectivity index (χ4v) is 7.05. The van der Waals surface area contributed by atoms with E-state index >= 15 is 0 Å². The number of nitrogens with two attached hydrogens (primary N) is 1. The largest absolute Gasteiger partial charge is 0.490 e. The number of nitrogens with one attached hydrogen (secondary N) is 1. The number of rotatable bonds is 9. The first-order valence-electron chi connectivity index (χ1n) is 13.3. The molecule has 0 saturated carbocycles. The second kappa shape index (κ2) is 12.2. The highest BCUT2D eigenvalue weighted by Crippen LogP contribution is 2.47. The Bertz CT molecular complexity index is 1560. The van der Waals surface area contributed by atoms with Crippen LogP contribution in [0.15, 0.2) is 62.2 Å². The molecule has 4 rings (SSSR count). The Morgan fingerprint density at radius 1 is 1.18 bits per heavy atom. The maximum Gasteiger partial charge on any atom is 0.238 e. The van der Waals surface area contributed by atoms with Gasteiger partial charge in [0.15, 0.2) is 17.3 Å². The molecule has 212 valence electrons. The van der Waals surface area contributed by atoms with Gasteiger partial charge in [-0.1, -0.05) is 25.5 Å². The van der Waals surface area contributed by atoms with Crippen LogP contribution in [-0.2, 0) is 21.4 Å². The lowest BCUT2D eigenvalue weighted by Crippen LogP contribution is -2.34. The Kier molecular flexibility index (Phi) is 9.08. The molecular weight excluding hydrogens is 594 g/mol. The molecular formula is C30H34BrN3O5S. The number of benzene rings is 2. The molecule has 10 heteroatoms. The SMILES string of the molecule is CCCC1CC(=O)C2=C(C1)NC(C)=C(C#N)C2c1cc(Br)c(OCc2cccc(S(N)(=O)=O)c2C)c(OCC)c1. The Morgan fingerprint density at radius 2 is 1.93 bits per heavy atom. The molecule has 1 heterocycles. The van der Waals surface area contributed by atoms with E-state index in [4.69, 9.17) is 14.6 Å². The average molecular weight is 629 g/mol. The first-order chi connectivity index (χ1) is 19.0. The minimum atomic E-state index is -3.87. The summed E-state index contributed by atoms with van der Waals surface area (Å²) in [5.41, 5.74) is 4.72. The van der Waals surface area contributed by atoms with Crippen LogP contribution in [0.3, 0.4) is 0 Å². The van der Waals surface area contributed by atoms with Crippen LogP contribution in [0, 0.1) is 24.2 Å². The van der Waals surface area contributed by atoms with Crippen molar-refractivity contribution < 1.29 is 22.7 Å². The molecule has 0 amide bonds. The van der Waals surface area contributed by atoms with Gasteiger partial charge in [-0.25, -0.2) is 13.6 Å². The molecule has 0 fully saturated rings. The number of ether oxygens (including phenoxy) is 2. The summed E-state index contributed by atoms with van der Waals surface area (Å²) in [6, 6.07) is 10.9. The van der Waals surface area contributed by atoms with Gasteiger partial charge < -0.3 is 14.8 Å². The molecule has 3 N–H and O–H groups in total. The number of primary sulfonamides is 1. The molecule has 1 aliphatic carbocycles. The van der Waals surface area contributed by atoms with Gasteiger partial charge in [0.2, 0.25) is 10.0 Å². The lowest BCUT2D eigenvalue weighted by atomic mass is 9.72. The number of dihydropyridines is 1. The number of carbonyl (C=O) groups excluding carboxylic acids is 1. The number of hydrogen-bond donors (Lipinski definition) is 2. The number of Topliss-reactive ketones (excluding diaryl/α,β-unsaturated/α-hetero) is 1. The van der Waals surface area contributed by atoms with E-state index in [0.29, 0.717) is 57.2 Å². The van der Waals surface area contributed by atoms with Gasteiger partial charge in [0.05, 0.1) is 33.5 Å². The topological polar surface area (TPSA) is 132 Å². The van der Waals surface area contributed by atoms with E-state index in [9.17, 15) is 18.5 Å². The number of hydrogen-bond acceptors (Lipinski definition) is 7. The number of carbonyl (C=O) groups is 1. The van der Waals surface area contributed by atoms with Crippen molar-refractivity contribution in [3.05, 3.63) is 74.0 Å². The molecule has 2 aliphatic rings. The summed E-state index contributed by atoms with van der Waals surface area (Å²) in [4.78, 5) is 13.5. The fourth-order valence-electron chi connectivity index (χ4n) is 5.65. The number of nitriles is 1. The molecule has 8 nitrogen and oxygen atoms in total. The lowest BCUT2D eigenvalue weighted by molar-refractivity contribution is -0.117. The quantitative estimate of drug-likeness (QED) is 0.354. The van der Waals surface area contributed by atoms with E-state index in [1.807, 2.05) is 26.0 Å². The Morgan fingerprint density at radius 3 is 2.58 bits per heavy atom. The van der Waals surface area contributed by atoms with Gasteiger partial charge in [0.25, 0.3) is 0 Å². The summed E-state index contributed by atoms with van der Waals surface area (Å²) in [6.07, 6.45) is 3.24. The van der Waals surface area contributed by atoms with E-state index in [1.54, 1.807) is 19.1 Å². The van der Waals surface area contributed by atoms with Crippen LogP contribution >= 0.6 is 15.9 Å². The van der Waals surface area contributed by atoms with Crippen LogP contribution in [0.25, 0.3) is 0 Å².